The van der Waals surface area contributed by atoms with Gasteiger partial charge in [-0.25, -0.2) is 9.82 Å². The average Bonchev–Trinajstić information content (AvgIpc) is 2.81. The second-order valence-corrected chi connectivity index (χ2v) is 7.23. The van der Waals surface area contributed by atoms with Crippen molar-refractivity contribution >= 4 is 35.3 Å². The molecule has 2 N–H and O–H groups in total. The van der Waals surface area contributed by atoms with E-state index in [-0.39, 0.29) is 30.7 Å². The Morgan fingerprint density at radius 2 is 1.79 bits per heavy atom. The SMILES string of the molecule is COc1cc(/C=N/NC(=O)Cc2ccc(F)cc2)ccc1OCC(=O)Nc1ccccc1Cl. The van der Waals surface area contributed by atoms with Crippen LogP contribution in [-0.2, 0) is 16.0 Å². The molecule has 3 aromatic rings. The first-order valence-electron chi connectivity index (χ1n) is 9.86. The molecule has 0 aliphatic heterocycles. The van der Waals surface area contributed by atoms with E-state index in [0.717, 1.165) is 0 Å². The number of para-hydroxylation sites is 1. The predicted molar refractivity (Wildman–Crippen MR) is 124 cm³/mol. The molecule has 9 heteroatoms. The summed E-state index contributed by atoms with van der Waals surface area (Å²) in [5.74, 6) is -0.319. The van der Waals surface area contributed by atoms with Gasteiger partial charge in [0.25, 0.3) is 5.91 Å². The Balaban J connectivity index is 1.53. The molecule has 0 heterocycles. The summed E-state index contributed by atoms with van der Waals surface area (Å²) in [6.07, 6.45) is 1.52. The number of ether oxygens (including phenoxy) is 2. The van der Waals surface area contributed by atoms with Crippen LogP contribution in [0.4, 0.5) is 10.1 Å². The minimum absolute atomic E-state index is 0.0734. The number of hydrogen-bond donors (Lipinski definition) is 2. The Hall–Kier alpha value is -3.91. The third kappa shape index (κ3) is 7.33. The minimum Gasteiger partial charge on any atom is -0.493 e. The molecular formula is C24H21ClFN3O4. The summed E-state index contributed by atoms with van der Waals surface area (Å²) < 4.78 is 23.8. The maximum Gasteiger partial charge on any atom is 0.262 e. The van der Waals surface area contributed by atoms with Crippen molar-refractivity contribution in [3.63, 3.8) is 0 Å². The molecule has 0 aliphatic carbocycles. The molecule has 0 spiro atoms. The van der Waals surface area contributed by atoms with Crippen LogP contribution >= 0.6 is 11.6 Å². The van der Waals surface area contributed by atoms with Gasteiger partial charge in [-0.05, 0) is 53.6 Å². The Kier molecular flexibility index (Phi) is 8.37. The summed E-state index contributed by atoms with van der Waals surface area (Å²) in [5.41, 5.74) is 4.22. The largest absolute Gasteiger partial charge is 0.493 e. The Morgan fingerprint density at radius 1 is 1.03 bits per heavy atom. The van der Waals surface area contributed by atoms with E-state index >= 15 is 0 Å². The maximum absolute atomic E-state index is 12.9. The van der Waals surface area contributed by atoms with Crippen molar-refractivity contribution < 1.29 is 23.5 Å². The highest BCUT2D eigenvalue weighted by Gasteiger charge is 2.10. The van der Waals surface area contributed by atoms with Gasteiger partial charge in [0.05, 0.1) is 30.5 Å². The number of nitrogens with one attached hydrogen (secondary N) is 2. The molecule has 0 unspecified atom stereocenters. The molecule has 0 atom stereocenters. The van der Waals surface area contributed by atoms with Gasteiger partial charge in [-0.15, -0.1) is 0 Å². The fourth-order valence-corrected chi connectivity index (χ4v) is 2.96. The first kappa shape index (κ1) is 23.7. The van der Waals surface area contributed by atoms with Crippen molar-refractivity contribution in [2.45, 2.75) is 6.42 Å². The first-order chi connectivity index (χ1) is 15.9. The quantitative estimate of drug-likeness (QED) is 0.363. The summed E-state index contributed by atoms with van der Waals surface area (Å²) in [6.45, 7) is -0.242. The third-order valence-electron chi connectivity index (χ3n) is 4.38. The highest BCUT2D eigenvalue weighted by molar-refractivity contribution is 6.33. The lowest BCUT2D eigenvalue weighted by Gasteiger charge is -2.12. The number of hydrazone groups is 1. The van der Waals surface area contributed by atoms with Crippen LogP contribution in [0.25, 0.3) is 0 Å². The normalized spacial score (nSPS) is 10.6. The maximum atomic E-state index is 12.9. The van der Waals surface area contributed by atoms with E-state index in [0.29, 0.717) is 33.3 Å². The van der Waals surface area contributed by atoms with E-state index < -0.39 is 0 Å². The lowest BCUT2D eigenvalue weighted by atomic mass is 10.1. The summed E-state index contributed by atoms with van der Waals surface area (Å²) in [6, 6.07) is 17.5. The van der Waals surface area contributed by atoms with Crippen molar-refractivity contribution in [1.82, 2.24) is 5.43 Å². The Labute approximate surface area is 195 Å². The van der Waals surface area contributed by atoms with Crippen molar-refractivity contribution in [3.8, 4) is 11.5 Å². The van der Waals surface area contributed by atoms with E-state index in [1.54, 1.807) is 42.5 Å². The topological polar surface area (TPSA) is 89.0 Å². The molecule has 170 valence electrons. The van der Waals surface area contributed by atoms with Crippen LogP contribution in [-0.4, -0.2) is 31.7 Å². The van der Waals surface area contributed by atoms with Gasteiger partial charge in [0.15, 0.2) is 18.1 Å². The van der Waals surface area contributed by atoms with Crippen LogP contribution in [0.2, 0.25) is 5.02 Å². The first-order valence-corrected chi connectivity index (χ1v) is 10.2. The number of carbonyl (C=O) groups is 2. The zero-order valence-corrected chi connectivity index (χ0v) is 18.4. The van der Waals surface area contributed by atoms with Gasteiger partial charge >= 0.3 is 0 Å². The van der Waals surface area contributed by atoms with Crippen LogP contribution in [0.15, 0.2) is 71.8 Å². The summed E-state index contributed by atoms with van der Waals surface area (Å²) >= 11 is 6.03. The average molecular weight is 470 g/mol. The molecule has 33 heavy (non-hydrogen) atoms. The lowest BCUT2D eigenvalue weighted by molar-refractivity contribution is -0.120. The molecule has 3 rings (SSSR count). The fraction of sp³-hybridized carbons (Fsp3) is 0.125. The predicted octanol–water partition coefficient (Wildman–Crippen LogP) is 4.20. The summed E-state index contributed by atoms with van der Waals surface area (Å²) in [7, 11) is 1.47. The van der Waals surface area contributed by atoms with Crippen molar-refractivity contribution in [1.29, 1.82) is 0 Å². The molecule has 3 aromatic carbocycles. The highest BCUT2D eigenvalue weighted by Crippen LogP contribution is 2.27. The second-order valence-electron chi connectivity index (χ2n) is 6.82. The monoisotopic (exact) mass is 469 g/mol. The van der Waals surface area contributed by atoms with Gasteiger partial charge in [-0.1, -0.05) is 35.9 Å². The smallest absolute Gasteiger partial charge is 0.262 e. The number of methoxy groups -OCH3 is 1. The number of amides is 2. The van der Waals surface area contributed by atoms with Gasteiger partial charge in [0.2, 0.25) is 5.91 Å². The molecule has 0 fully saturated rings. The molecule has 0 radical (unpaired) electrons. The van der Waals surface area contributed by atoms with E-state index in [1.807, 2.05) is 0 Å². The van der Waals surface area contributed by atoms with E-state index in [2.05, 4.69) is 15.8 Å². The van der Waals surface area contributed by atoms with Crippen molar-refractivity contribution in [2.75, 3.05) is 19.0 Å². The molecule has 0 saturated carbocycles. The van der Waals surface area contributed by atoms with E-state index in [9.17, 15) is 14.0 Å². The van der Waals surface area contributed by atoms with Gasteiger partial charge in [0, 0.05) is 0 Å². The van der Waals surface area contributed by atoms with Gasteiger partial charge in [-0.2, -0.15) is 5.10 Å². The van der Waals surface area contributed by atoms with Crippen LogP contribution in [0.5, 0.6) is 11.5 Å². The van der Waals surface area contributed by atoms with Crippen LogP contribution in [0, 0.1) is 5.82 Å². The molecule has 7 nitrogen and oxygen atoms in total. The van der Waals surface area contributed by atoms with Crippen LogP contribution in [0.1, 0.15) is 11.1 Å². The van der Waals surface area contributed by atoms with E-state index in [4.69, 9.17) is 21.1 Å². The zero-order valence-electron chi connectivity index (χ0n) is 17.7. The number of rotatable bonds is 9. The number of halogens is 2. The molecule has 0 saturated heterocycles. The summed E-state index contributed by atoms with van der Waals surface area (Å²) in [5, 5.41) is 7.02. The molecule has 2 amide bonds. The van der Waals surface area contributed by atoms with Crippen LogP contribution < -0.4 is 20.2 Å². The van der Waals surface area contributed by atoms with Crippen molar-refractivity contribution in [3.05, 3.63) is 88.7 Å². The fourth-order valence-electron chi connectivity index (χ4n) is 2.78. The minimum atomic E-state index is -0.375. The molecular weight excluding hydrogens is 449 g/mol. The lowest BCUT2D eigenvalue weighted by Crippen LogP contribution is -2.20. The standard InChI is InChI=1S/C24H21ClFN3O4/c1-32-22-12-17(14-27-29-23(30)13-16-6-9-18(26)10-7-16)8-11-21(22)33-15-24(31)28-20-5-3-2-4-19(20)25/h2-12,14H,13,15H2,1H3,(H,28,31)(H,29,30)/b27-14+. The summed E-state index contributed by atoms with van der Waals surface area (Å²) in [4.78, 5) is 24.1. The molecule has 0 aliphatic rings. The number of nitrogens with zero attached hydrogens (tertiary/aromatic N) is 1. The van der Waals surface area contributed by atoms with Gasteiger partial charge < -0.3 is 14.8 Å². The van der Waals surface area contributed by atoms with E-state index in [1.165, 1.54) is 37.6 Å². The Morgan fingerprint density at radius 3 is 2.52 bits per heavy atom. The second kappa shape index (κ2) is 11.6. The Bertz CT molecular complexity index is 1150. The molecule has 0 bridgehead atoms. The van der Waals surface area contributed by atoms with Crippen molar-refractivity contribution in [2.24, 2.45) is 5.10 Å². The number of benzene rings is 3. The number of carbonyl (C=O) groups excluding carboxylic acids is 2. The number of hydrogen-bond acceptors (Lipinski definition) is 5. The third-order valence-corrected chi connectivity index (χ3v) is 4.70. The van der Waals surface area contributed by atoms with Crippen LogP contribution in [0.3, 0.4) is 0 Å². The molecule has 0 aromatic heterocycles. The highest BCUT2D eigenvalue weighted by atomic mass is 35.5. The zero-order chi connectivity index (χ0) is 23.6. The van der Waals surface area contributed by atoms with Gasteiger partial charge in [-0.3, -0.25) is 9.59 Å². The van der Waals surface area contributed by atoms with Gasteiger partial charge in [0.1, 0.15) is 5.82 Å². The number of anilines is 1.